The van der Waals surface area contributed by atoms with Crippen LogP contribution in [0.2, 0.25) is 0 Å². The summed E-state index contributed by atoms with van der Waals surface area (Å²) in [5.41, 5.74) is -1.41. The Morgan fingerprint density at radius 3 is 2.34 bits per heavy atom. The third-order valence-electron chi connectivity index (χ3n) is 6.29. The minimum Gasteiger partial charge on any atom is -0.452 e. The van der Waals surface area contributed by atoms with E-state index < -0.39 is 46.4 Å². The van der Waals surface area contributed by atoms with Crippen molar-refractivity contribution in [3.8, 4) is 17.2 Å². The van der Waals surface area contributed by atoms with Crippen LogP contribution in [0.3, 0.4) is 0 Å². The summed E-state index contributed by atoms with van der Waals surface area (Å²) in [6, 6.07) is 8.81. The van der Waals surface area contributed by atoms with Gasteiger partial charge in [-0.25, -0.2) is 22.9 Å². The maximum absolute atomic E-state index is 15.2. The number of benzene rings is 2. The van der Waals surface area contributed by atoms with E-state index in [1.54, 1.807) is 27.9 Å². The fraction of sp³-hybridized carbons (Fsp3) is 0.200. The zero-order valence-corrected chi connectivity index (χ0v) is 24.2. The van der Waals surface area contributed by atoms with Crippen molar-refractivity contribution in [2.45, 2.75) is 26.3 Å². The molecular weight excluding hydrogens is 576 g/mol. The molecule has 2 heterocycles. The van der Waals surface area contributed by atoms with E-state index in [4.69, 9.17) is 10.1 Å². The number of carbonyl (C=O) groups is 2. The highest BCUT2D eigenvalue weighted by Gasteiger charge is 2.21. The third kappa shape index (κ3) is 6.86. The highest BCUT2D eigenvalue weighted by atomic mass is 19.1. The predicted molar refractivity (Wildman–Crippen MR) is 160 cm³/mol. The Bertz CT molecular complexity index is 1850. The maximum atomic E-state index is 15.2. The number of halogens is 2. The van der Waals surface area contributed by atoms with E-state index in [9.17, 15) is 23.6 Å². The second-order valence-electron chi connectivity index (χ2n) is 10.0. The quantitative estimate of drug-likeness (QED) is 0.238. The van der Waals surface area contributed by atoms with Crippen molar-refractivity contribution < 1.29 is 23.1 Å². The van der Waals surface area contributed by atoms with Gasteiger partial charge in [-0.3, -0.25) is 19.1 Å². The largest absolute Gasteiger partial charge is 0.452 e. The number of aromatic nitrogens is 3. The van der Waals surface area contributed by atoms with Crippen LogP contribution in [-0.2, 0) is 6.42 Å². The molecule has 3 N–H and O–H groups in total. The van der Waals surface area contributed by atoms with Gasteiger partial charge < -0.3 is 25.7 Å². The van der Waals surface area contributed by atoms with E-state index in [1.807, 2.05) is 0 Å². The van der Waals surface area contributed by atoms with Gasteiger partial charge in [-0.1, -0.05) is 0 Å². The molecular formula is C30H29F2N7O5. The molecule has 0 spiro atoms. The van der Waals surface area contributed by atoms with Gasteiger partial charge >= 0.3 is 11.7 Å². The number of rotatable bonds is 9. The first-order valence-corrected chi connectivity index (χ1v) is 13.3. The van der Waals surface area contributed by atoms with Gasteiger partial charge in [0, 0.05) is 56.8 Å². The smallest absolute Gasteiger partial charge is 0.335 e. The Balaban J connectivity index is 1.63. The van der Waals surface area contributed by atoms with E-state index in [0.717, 1.165) is 35.2 Å². The van der Waals surface area contributed by atoms with Crippen molar-refractivity contribution in [3.63, 3.8) is 0 Å². The molecule has 0 aliphatic carbocycles. The number of anilines is 2. The van der Waals surface area contributed by atoms with Gasteiger partial charge in [-0.2, -0.15) is 0 Å². The summed E-state index contributed by atoms with van der Waals surface area (Å²) in [5.74, 6) is -2.49. The zero-order chi connectivity index (χ0) is 32.1. The SMILES string of the molecule is CC(C)n1cc(C(=O)Nc2ccc(Oc3cc(NC(=O)N(C)C)cnc3CC=N)c(F)c2)c(=O)n(-c2ccc(F)cc2)c1=O. The van der Waals surface area contributed by atoms with Crippen LogP contribution in [0.1, 0.15) is 35.9 Å². The lowest BCUT2D eigenvalue weighted by molar-refractivity contribution is 0.102. The number of nitrogens with one attached hydrogen (secondary N) is 3. The highest BCUT2D eigenvalue weighted by Crippen LogP contribution is 2.30. The third-order valence-corrected chi connectivity index (χ3v) is 6.29. The molecule has 4 aromatic rings. The van der Waals surface area contributed by atoms with Crippen molar-refractivity contribution in [1.82, 2.24) is 19.0 Å². The predicted octanol–water partition coefficient (Wildman–Crippen LogP) is 4.58. The van der Waals surface area contributed by atoms with Crippen LogP contribution in [0.15, 0.2) is 70.5 Å². The van der Waals surface area contributed by atoms with Gasteiger partial charge in [0.1, 0.15) is 11.4 Å². The summed E-state index contributed by atoms with van der Waals surface area (Å²) >= 11 is 0. The molecule has 2 aromatic heterocycles. The first-order chi connectivity index (χ1) is 20.9. The van der Waals surface area contributed by atoms with E-state index in [0.29, 0.717) is 5.69 Å². The van der Waals surface area contributed by atoms with Crippen molar-refractivity contribution in [3.05, 3.63) is 105 Å². The fourth-order valence-corrected chi connectivity index (χ4v) is 4.01. The first kappa shape index (κ1) is 31.3. The summed E-state index contributed by atoms with van der Waals surface area (Å²) in [7, 11) is 3.11. The summed E-state index contributed by atoms with van der Waals surface area (Å²) in [6.45, 7) is 3.37. The molecule has 44 heavy (non-hydrogen) atoms. The Hall–Kier alpha value is -5.66. The number of urea groups is 1. The molecule has 0 saturated heterocycles. The number of pyridine rings is 1. The lowest BCUT2D eigenvalue weighted by Gasteiger charge is -2.16. The Kier molecular flexibility index (Phi) is 9.32. The van der Waals surface area contributed by atoms with Crippen LogP contribution in [0, 0.1) is 17.0 Å². The van der Waals surface area contributed by atoms with Gasteiger partial charge in [-0.15, -0.1) is 0 Å². The van der Waals surface area contributed by atoms with Gasteiger partial charge in [0.25, 0.3) is 11.5 Å². The van der Waals surface area contributed by atoms with E-state index in [2.05, 4.69) is 15.6 Å². The summed E-state index contributed by atoms with van der Waals surface area (Å²) in [4.78, 5) is 57.1. The first-order valence-electron chi connectivity index (χ1n) is 13.3. The zero-order valence-electron chi connectivity index (χ0n) is 24.2. The van der Waals surface area contributed by atoms with Crippen LogP contribution in [-0.4, -0.2) is 51.3 Å². The van der Waals surface area contributed by atoms with Crippen LogP contribution in [0.4, 0.5) is 25.0 Å². The molecule has 0 bridgehead atoms. The molecule has 0 unspecified atom stereocenters. The highest BCUT2D eigenvalue weighted by molar-refractivity contribution is 6.03. The Morgan fingerprint density at radius 2 is 1.73 bits per heavy atom. The lowest BCUT2D eigenvalue weighted by Crippen LogP contribution is -2.42. The van der Waals surface area contributed by atoms with Crippen LogP contribution in [0.5, 0.6) is 11.5 Å². The van der Waals surface area contributed by atoms with Crippen LogP contribution < -0.4 is 26.6 Å². The molecule has 0 aliphatic rings. The van der Waals surface area contributed by atoms with Crippen LogP contribution in [0.25, 0.3) is 5.69 Å². The molecule has 0 atom stereocenters. The molecule has 2 aromatic carbocycles. The van der Waals surface area contributed by atoms with E-state index in [1.165, 1.54) is 46.0 Å². The molecule has 0 aliphatic heterocycles. The average Bonchev–Trinajstić information content (AvgIpc) is 2.96. The van der Waals surface area contributed by atoms with Gasteiger partial charge in [-0.05, 0) is 50.2 Å². The van der Waals surface area contributed by atoms with Gasteiger partial charge in [0.05, 0.1) is 23.3 Å². The average molecular weight is 606 g/mol. The van der Waals surface area contributed by atoms with Crippen molar-refractivity contribution in [2.75, 3.05) is 24.7 Å². The molecule has 228 valence electrons. The molecule has 0 radical (unpaired) electrons. The topological polar surface area (TPSA) is 151 Å². The summed E-state index contributed by atoms with van der Waals surface area (Å²) in [6.07, 6.45) is 3.68. The number of carbonyl (C=O) groups excluding carboxylic acids is 2. The maximum Gasteiger partial charge on any atom is 0.335 e. The molecule has 12 nitrogen and oxygen atoms in total. The number of nitrogens with zero attached hydrogens (tertiary/aromatic N) is 4. The Morgan fingerprint density at radius 1 is 1.02 bits per heavy atom. The van der Waals surface area contributed by atoms with Crippen LogP contribution >= 0.6 is 0 Å². The second-order valence-corrected chi connectivity index (χ2v) is 10.0. The number of hydrogen-bond acceptors (Lipinski definition) is 7. The molecule has 3 amide bonds. The van der Waals surface area contributed by atoms with Crippen molar-refractivity contribution >= 4 is 29.5 Å². The van der Waals surface area contributed by atoms with Gasteiger partial charge in [0.2, 0.25) is 0 Å². The Labute approximate surface area is 250 Å². The normalized spacial score (nSPS) is 10.8. The van der Waals surface area contributed by atoms with E-state index >= 15 is 4.39 Å². The molecule has 4 rings (SSSR count). The van der Waals surface area contributed by atoms with Crippen molar-refractivity contribution in [2.24, 2.45) is 0 Å². The lowest BCUT2D eigenvalue weighted by atomic mass is 10.2. The second kappa shape index (κ2) is 13.1. The standard InChI is InChI=1S/C30H29F2N7O5/c1-17(2)38-16-22(28(41)39(30(38)43)21-8-5-18(31)6-9-21)27(40)35-19-7-10-25(23(32)13-19)44-26-14-20(36-29(42)37(3)4)15-34-24(26)11-12-33/h5-10,12-17,33H,11H2,1-4H3,(H,35,40)(H,36,42). The molecule has 0 saturated carbocycles. The number of hydrogen-bond donors (Lipinski definition) is 3. The van der Waals surface area contributed by atoms with Gasteiger partial charge in [0.15, 0.2) is 17.3 Å². The monoisotopic (exact) mass is 605 g/mol. The molecule has 0 fully saturated rings. The minimum atomic E-state index is -0.941. The number of ether oxygens (including phenoxy) is 1. The summed E-state index contributed by atoms with van der Waals surface area (Å²) in [5, 5.41) is 12.5. The van der Waals surface area contributed by atoms with Crippen molar-refractivity contribution in [1.29, 1.82) is 5.41 Å². The molecule has 14 heteroatoms. The minimum absolute atomic E-state index is 0.0142. The van der Waals surface area contributed by atoms with E-state index in [-0.39, 0.29) is 35.0 Å². The summed E-state index contributed by atoms with van der Waals surface area (Å²) < 4.78 is 36.4. The fourth-order valence-electron chi connectivity index (χ4n) is 4.01. The number of amides is 3.